The summed E-state index contributed by atoms with van der Waals surface area (Å²) in [5, 5.41) is 1.91. The van der Waals surface area contributed by atoms with E-state index in [1.54, 1.807) is 4.90 Å². The van der Waals surface area contributed by atoms with E-state index in [9.17, 15) is 9.59 Å². The van der Waals surface area contributed by atoms with Gasteiger partial charge in [0.25, 0.3) is 5.91 Å². The molecular formula is C14H22N2O3S. The number of carbonyl (C=O) groups is 2. The summed E-state index contributed by atoms with van der Waals surface area (Å²) in [5.41, 5.74) is 1.03. The Balaban J connectivity index is 2.85. The van der Waals surface area contributed by atoms with Crippen LogP contribution in [0.2, 0.25) is 0 Å². The average Bonchev–Trinajstić information content (AvgIpc) is 2.90. The summed E-state index contributed by atoms with van der Waals surface area (Å²) in [5.74, 6) is -0.490. The van der Waals surface area contributed by atoms with E-state index in [1.165, 1.54) is 18.4 Å². The number of ether oxygens (including phenoxy) is 1. The van der Waals surface area contributed by atoms with Crippen LogP contribution in [0.1, 0.15) is 22.2 Å². The van der Waals surface area contributed by atoms with E-state index in [0.717, 1.165) is 16.9 Å². The first kappa shape index (κ1) is 16.7. The lowest BCUT2D eigenvalue weighted by Gasteiger charge is -2.23. The number of nitrogens with zero attached hydrogens (tertiary/aromatic N) is 2. The summed E-state index contributed by atoms with van der Waals surface area (Å²) in [6.07, 6.45) is 0.810. The van der Waals surface area contributed by atoms with E-state index < -0.39 is 5.97 Å². The van der Waals surface area contributed by atoms with Crippen molar-refractivity contribution < 1.29 is 14.3 Å². The summed E-state index contributed by atoms with van der Waals surface area (Å²) in [4.78, 5) is 28.3. The van der Waals surface area contributed by atoms with E-state index in [-0.39, 0.29) is 12.5 Å². The highest BCUT2D eigenvalue weighted by molar-refractivity contribution is 7.12. The zero-order valence-electron chi connectivity index (χ0n) is 12.5. The predicted molar refractivity (Wildman–Crippen MR) is 80.2 cm³/mol. The molecule has 1 heterocycles. The first-order valence-electron chi connectivity index (χ1n) is 6.56. The Morgan fingerprint density at radius 1 is 1.30 bits per heavy atom. The number of aryl methyl sites for hydroxylation is 1. The molecule has 0 radical (unpaired) electrons. The smallest absolute Gasteiger partial charge is 0.325 e. The summed E-state index contributed by atoms with van der Waals surface area (Å²) in [6.45, 7) is 3.21. The Morgan fingerprint density at radius 2 is 2.00 bits per heavy atom. The summed E-state index contributed by atoms with van der Waals surface area (Å²) >= 11 is 1.42. The van der Waals surface area contributed by atoms with Crippen LogP contribution in [0, 0.1) is 0 Å². The molecule has 112 valence electrons. The highest BCUT2D eigenvalue weighted by Crippen LogP contribution is 2.19. The number of amides is 1. The predicted octanol–water partition coefficient (Wildman–Crippen LogP) is 1.49. The van der Waals surface area contributed by atoms with E-state index >= 15 is 0 Å². The Labute approximate surface area is 124 Å². The van der Waals surface area contributed by atoms with Gasteiger partial charge in [-0.15, -0.1) is 11.3 Å². The first-order chi connectivity index (χ1) is 9.49. The van der Waals surface area contributed by atoms with Gasteiger partial charge in [-0.25, -0.2) is 0 Å². The van der Waals surface area contributed by atoms with Crippen molar-refractivity contribution in [1.29, 1.82) is 0 Å². The SMILES string of the molecule is CCc1ccsc1C(=O)N(CCN(C)C)CC(=O)OC. The van der Waals surface area contributed by atoms with Gasteiger partial charge in [0.2, 0.25) is 0 Å². The molecule has 0 atom stereocenters. The van der Waals surface area contributed by atoms with Gasteiger partial charge in [-0.2, -0.15) is 0 Å². The largest absolute Gasteiger partial charge is 0.468 e. The molecule has 5 nitrogen and oxygen atoms in total. The van der Waals surface area contributed by atoms with Gasteiger partial charge in [-0.1, -0.05) is 6.92 Å². The zero-order chi connectivity index (χ0) is 15.1. The Hall–Kier alpha value is -1.40. The van der Waals surface area contributed by atoms with Crippen LogP contribution in [0.25, 0.3) is 0 Å². The minimum Gasteiger partial charge on any atom is -0.468 e. The standard InChI is InChI=1S/C14H22N2O3S/c1-5-11-6-9-20-13(11)14(18)16(8-7-15(2)3)10-12(17)19-4/h6,9H,5,7-8,10H2,1-4H3. The van der Waals surface area contributed by atoms with Crippen molar-refractivity contribution >= 4 is 23.2 Å². The third kappa shape index (κ3) is 4.61. The van der Waals surface area contributed by atoms with Gasteiger partial charge in [0.1, 0.15) is 6.54 Å². The molecule has 0 saturated heterocycles. The number of likely N-dealkylation sites (N-methyl/N-ethyl adjacent to an activating group) is 1. The van der Waals surface area contributed by atoms with Gasteiger partial charge in [-0.05, 0) is 37.5 Å². The van der Waals surface area contributed by atoms with Gasteiger partial charge in [0, 0.05) is 13.1 Å². The summed E-state index contributed by atoms with van der Waals surface area (Å²) < 4.78 is 4.67. The van der Waals surface area contributed by atoms with Crippen molar-refractivity contribution in [2.75, 3.05) is 40.8 Å². The number of thiophene rings is 1. The lowest BCUT2D eigenvalue weighted by Crippen LogP contribution is -2.40. The molecule has 0 unspecified atom stereocenters. The maximum Gasteiger partial charge on any atom is 0.325 e. The van der Waals surface area contributed by atoms with Crippen molar-refractivity contribution in [2.24, 2.45) is 0 Å². The molecule has 0 N–H and O–H groups in total. The number of hydrogen-bond acceptors (Lipinski definition) is 5. The van der Waals surface area contributed by atoms with Gasteiger partial charge in [-0.3, -0.25) is 9.59 Å². The van der Waals surface area contributed by atoms with Gasteiger partial charge in [0.05, 0.1) is 12.0 Å². The molecule has 0 spiro atoms. The topological polar surface area (TPSA) is 49.9 Å². The van der Waals surface area contributed by atoms with Crippen LogP contribution in [0.3, 0.4) is 0 Å². The van der Waals surface area contributed by atoms with E-state index in [2.05, 4.69) is 4.74 Å². The van der Waals surface area contributed by atoms with Crippen molar-refractivity contribution in [2.45, 2.75) is 13.3 Å². The quantitative estimate of drug-likeness (QED) is 0.716. The molecule has 0 aliphatic rings. The molecule has 1 rings (SSSR count). The molecule has 0 aromatic carbocycles. The van der Waals surface area contributed by atoms with Gasteiger partial charge >= 0.3 is 5.97 Å². The van der Waals surface area contributed by atoms with E-state index in [1.807, 2.05) is 37.4 Å². The monoisotopic (exact) mass is 298 g/mol. The lowest BCUT2D eigenvalue weighted by molar-refractivity contribution is -0.141. The summed E-state index contributed by atoms with van der Waals surface area (Å²) in [6, 6.07) is 1.96. The van der Waals surface area contributed by atoms with Gasteiger partial charge in [0.15, 0.2) is 0 Å². The second-order valence-electron chi connectivity index (χ2n) is 4.73. The third-order valence-corrected chi connectivity index (χ3v) is 3.92. The number of hydrogen-bond donors (Lipinski definition) is 0. The molecule has 0 bridgehead atoms. The van der Waals surface area contributed by atoms with Crippen LogP contribution in [0.5, 0.6) is 0 Å². The minimum absolute atomic E-state index is 0.00969. The van der Waals surface area contributed by atoms with Crippen molar-refractivity contribution in [3.8, 4) is 0 Å². The van der Waals surface area contributed by atoms with Crippen LogP contribution < -0.4 is 0 Å². The maximum atomic E-state index is 12.6. The summed E-state index contributed by atoms with van der Waals surface area (Å²) in [7, 11) is 5.20. The molecule has 1 aromatic heterocycles. The van der Waals surface area contributed by atoms with Crippen LogP contribution >= 0.6 is 11.3 Å². The Bertz CT molecular complexity index is 457. The normalized spacial score (nSPS) is 10.7. The second-order valence-corrected chi connectivity index (χ2v) is 5.65. The molecule has 0 aliphatic heterocycles. The van der Waals surface area contributed by atoms with Crippen molar-refractivity contribution in [3.63, 3.8) is 0 Å². The Morgan fingerprint density at radius 3 is 2.55 bits per heavy atom. The number of carbonyl (C=O) groups excluding carboxylic acids is 2. The van der Waals surface area contributed by atoms with Crippen LogP contribution in [-0.2, 0) is 16.0 Å². The molecule has 1 amide bonds. The van der Waals surface area contributed by atoms with Crippen LogP contribution in [0.4, 0.5) is 0 Å². The minimum atomic E-state index is -0.397. The van der Waals surface area contributed by atoms with Crippen molar-refractivity contribution in [3.05, 3.63) is 21.9 Å². The first-order valence-corrected chi connectivity index (χ1v) is 7.44. The Kier molecular flexibility index (Phi) is 6.67. The average molecular weight is 298 g/mol. The molecule has 20 heavy (non-hydrogen) atoms. The van der Waals surface area contributed by atoms with E-state index in [0.29, 0.717) is 13.1 Å². The highest BCUT2D eigenvalue weighted by Gasteiger charge is 2.22. The molecular weight excluding hydrogens is 276 g/mol. The van der Waals surface area contributed by atoms with Crippen molar-refractivity contribution in [1.82, 2.24) is 9.80 Å². The number of methoxy groups -OCH3 is 1. The number of esters is 1. The zero-order valence-corrected chi connectivity index (χ0v) is 13.3. The molecule has 6 heteroatoms. The molecule has 0 saturated carbocycles. The fraction of sp³-hybridized carbons (Fsp3) is 0.571. The fourth-order valence-electron chi connectivity index (χ4n) is 1.74. The fourth-order valence-corrected chi connectivity index (χ4v) is 2.70. The molecule has 0 fully saturated rings. The molecule has 1 aromatic rings. The second kappa shape index (κ2) is 8.01. The van der Waals surface area contributed by atoms with Crippen LogP contribution in [0.15, 0.2) is 11.4 Å². The lowest BCUT2D eigenvalue weighted by atomic mass is 10.2. The maximum absolute atomic E-state index is 12.6. The molecule has 0 aliphatic carbocycles. The van der Waals surface area contributed by atoms with E-state index in [4.69, 9.17) is 0 Å². The van der Waals surface area contributed by atoms with Gasteiger partial charge < -0.3 is 14.5 Å². The number of rotatable bonds is 7. The third-order valence-electron chi connectivity index (χ3n) is 2.97. The highest BCUT2D eigenvalue weighted by atomic mass is 32.1. The van der Waals surface area contributed by atoms with Crippen LogP contribution in [-0.4, -0.2) is 62.5 Å².